The highest BCUT2D eigenvalue weighted by atomic mass is 16.5. The van der Waals surface area contributed by atoms with E-state index in [1.807, 2.05) is 25.1 Å². The first-order chi connectivity index (χ1) is 9.67. The van der Waals surface area contributed by atoms with Crippen molar-refractivity contribution in [3.63, 3.8) is 0 Å². The molecule has 0 aliphatic rings. The smallest absolute Gasteiger partial charge is 0.235 e. The number of hydrogen-bond acceptors (Lipinski definition) is 5. The third-order valence-corrected chi connectivity index (χ3v) is 2.94. The predicted molar refractivity (Wildman–Crippen MR) is 74.9 cm³/mol. The number of nitrogens with two attached hydrogens (primary N) is 1. The van der Waals surface area contributed by atoms with Crippen LogP contribution in [-0.2, 0) is 0 Å². The second-order valence-electron chi connectivity index (χ2n) is 4.40. The van der Waals surface area contributed by atoms with Crippen LogP contribution in [0.3, 0.4) is 0 Å². The van der Waals surface area contributed by atoms with E-state index in [1.165, 1.54) is 6.33 Å². The van der Waals surface area contributed by atoms with Crippen LogP contribution in [-0.4, -0.2) is 21.2 Å². The monoisotopic (exact) mass is 268 g/mol. The summed E-state index contributed by atoms with van der Waals surface area (Å²) < 4.78 is 5.62. The summed E-state index contributed by atoms with van der Waals surface area (Å²) in [7, 11) is 0. The van der Waals surface area contributed by atoms with Crippen molar-refractivity contribution in [3.8, 4) is 11.6 Å². The van der Waals surface area contributed by atoms with Crippen LogP contribution in [0.5, 0.6) is 11.6 Å². The maximum Gasteiger partial charge on any atom is 0.235 e. The number of aldehydes is 1. The number of fused-ring (bicyclic) bond motifs is 1. The van der Waals surface area contributed by atoms with Gasteiger partial charge < -0.3 is 15.5 Å². The fraction of sp³-hybridized carbons (Fsp3) is 0.0714. The van der Waals surface area contributed by atoms with Crippen molar-refractivity contribution in [2.45, 2.75) is 6.92 Å². The first-order valence-corrected chi connectivity index (χ1v) is 6.00. The van der Waals surface area contributed by atoms with Crippen molar-refractivity contribution in [2.24, 2.45) is 0 Å². The third-order valence-electron chi connectivity index (χ3n) is 2.94. The van der Waals surface area contributed by atoms with E-state index in [0.29, 0.717) is 12.0 Å². The molecule has 6 heteroatoms. The highest BCUT2D eigenvalue weighted by Gasteiger charge is 2.11. The van der Waals surface area contributed by atoms with Gasteiger partial charge in [0.25, 0.3) is 0 Å². The zero-order valence-electron chi connectivity index (χ0n) is 10.8. The Bertz CT molecular complexity index is 795. The number of rotatable bonds is 3. The van der Waals surface area contributed by atoms with Crippen molar-refractivity contribution < 1.29 is 9.53 Å². The van der Waals surface area contributed by atoms with E-state index in [1.54, 1.807) is 6.07 Å². The molecule has 0 spiro atoms. The first kappa shape index (κ1) is 12.2. The van der Waals surface area contributed by atoms with Crippen molar-refractivity contribution in [1.29, 1.82) is 0 Å². The number of aromatic nitrogens is 3. The summed E-state index contributed by atoms with van der Waals surface area (Å²) in [6, 6.07) is 7.58. The van der Waals surface area contributed by atoms with Crippen LogP contribution in [0.4, 0.5) is 5.82 Å². The Labute approximate surface area is 114 Å². The molecule has 3 rings (SSSR count). The van der Waals surface area contributed by atoms with Gasteiger partial charge in [-0.05, 0) is 31.2 Å². The zero-order valence-corrected chi connectivity index (χ0v) is 10.8. The number of nitrogen functional groups attached to an aromatic ring is 1. The number of H-pyrrole nitrogens is 1. The Kier molecular flexibility index (Phi) is 2.83. The lowest BCUT2D eigenvalue weighted by Crippen LogP contribution is -2.01. The largest absolute Gasteiger partial charge is 0.438 e. The molecule has 2 heterocycles. The van der Waals surface area contributed by atoms with E-state index in [2.05, 4.69) is 15.0 Å². The van der Waals surface area contributed by atoms with Crippen LogP contribution in [0.2, 0.25) is 0 Å². The number of aryl methyl sites for hydroxylation is 1. The Balaban J connectivity index is 2.00. The molecule has 2 aromatic heterocycles. The molecule has 0 bridgehead atoms. The van der Waals surface area contributed by atoms with E-state index in [4.69, 9.17) is 10.5 Å². The Morgan fingerprint density at radius 2 is 2.15 bits per heavy atom. The number of nitrogens with one attached hydrogen (secondary N) is 1. The Morgan fingerprint density at radius 3 is 2.95 bits per heavy atom. The molecule has 0 atom stereocenters. The molecule has 3 aromatic rings. The van der Waals surface area contributed by atoms with Crippen LogP contribution in [0, 0.1) is 6.92 Å². The standard InChI is InChI=1S/C14H12N4O2/c1-8-4-9-5-10(2-3-12(9)18-8)20-14-11(6-19)13(15)16-7-17-14/h2-7,18H,1H3,(H2,15,16,17). The average molecular weight is 268 g/mol. The summed E-state index contributed by atoms with van der Waals surface area (Å²) >= 11 is 0. The van der Waals surface area contributed by atoms with Gasteiger partial charge in [-0.1, -0.05) is 0 Å². The van der Waals surface area contributed by atoms with Gasteiger partial charge in [0.15, 0.2) is 6.29 Å². The summed E-state index contributed by atoms with van der Waals surface area (Å²) in [5.41, 5.74) is 7.85. The average Bonchev–Trinajstić information content (AvgIpc) is 2.78. The third kappa shape index (κ3) is 2.07. The molecular weight excluding hydrogens is 256 g/mol. The quantitative estimate of drug-likeness (QED) is 0.711. The Morgan fingerprint density at radius 1 is 1.30 bits per heavy atom. The Hall–Kier alpha value is -2.89. The SMILES string of the molecule is Cc1cc2cc(Oc3ncnc(N)c3C=O)ccc2[nH]1. The molecule has 20 heavy (non-hydrogen) atoms. The fourth-order valence-corrected chi connectivity index (χ4v) is 2.02. The molecule has 0 saturated heterocycles. The van der Waals surface area contributed by atoms with Gasteiger partial charge in [0.05, 0.1) is 0 Å². The van der Waals surface area contributed by atoms with Crippen LogP contribution in [0.1, 0.15) is 16.1 Å². The lowest BCUT2D eigenvalue weighted by Gasteiger charge is -2.07. The molecule has 0 fully saturated rings. The van der Waals surface area contributed by atoms with E-state index in [0.717, 1.165) is 16.6 Å². The number of benzene rings is 1. The van der Waals surface area contributed by atoms with Crippen molar-refractivity contribution >= 4 is 23.0 Å². The normalized spacial score (nSPS) is 10.7. The van der Waals surface area contributed by atoms with Crippen molar-refractivity contribution in [3.05, 3.63) is 41.9 Å². The van der Waals surface area contributed by atoms with Gasteiger partial charge in [0.1, 0.15) is 23.5 Å². The van der Waals surface area contributed by atoms with E-state index in [9.17, 15) is 4.79 Å². The topological polar surface area (TPSA) is 93.9 Å². The van der Waals surface area contributed by atoms with Gasteiger partial charge >= 0.3 is 0 Å². The van der Waals surface area contributed by atoms with Crippen LogP contribution in [0.15, 0.2) is 30.6 Å². The molecule has 0 saturated carbocycles. The van der Waals surface area contributed by atoms with E-state index >= 15 is 0 Å². The summed E-state index contributed by atoms with van der Waals surface area (Å²) in [4.78, 5) is 21.9. The fourth-order valence-electron chi connectivity index (χ4n) is 2.02. The number of nitrogens with zero attached hydrogens (tertiary/aromatic N) is 2. The van der Waals surface area contributed by atoms with Gasteiger partial charge in [-0.25, -0.2) is 9.97 Å². The lowest BCUT2D eigenvalue weighted by atomic mass is 10.2. The van der Waals surface area contributed by atoms with E-state index < -0.39 is 0 Å². The molecule has 0 amide bonds. The van der Waals surface area contributed by atoms with Crippen molar-refractivity contribution in [2.75, 3.05) is 5.73 Å². The minimum atomic E-state index is 0.101. The second-order valence-corrected chi connectivity index (χ2v) is 4.40. The van der Waals surface area contributed by atoms with Gasteiger partial charge in [-0.15, -0.1) is 0 Å². The number of carbonyl (C=O) groups excluding carboxylic acids is 1. The number of carbonyl (C=O) groups is 1. The van der Waals surface area contributed by atoms with Crippen LogP contribution in [0.25, 0.3) is 10.9 Å². The number of ether oxygens (including phenoxy) is 1. The van der Waals surface area contributed by atoms with Crippen LogP contribution < -0.4 is 10.5 Å². The van der Waals surface area contributed by atoms with Gasteiger partial charge in [-0.3, -0.25) is 4.79 Å². The summed E-state index contributed by atoms with van der Waals surface area (Å²) in [6.07, 6.45) is 1.85. The van der Waals surface area contributed by atoms with Gasteiger partial charge in [-0.2, -0.15) is 0 Å². The number of aromatic amines is 1. The molecule has 6 nitrogen and oxygen atoms in total. The highest BCUT2D eigenvalue weighted by molar-refractivity contribution is 5.85. The lowest BCUT2D eigenvalue weighted by molar-refractivity contribution is 0.112. The molecule has 0 aliphatic heterocycles. The van der Waals surface area contributed by atoms with Crippen molar-refractivity contribution in [1.82, 2.24) is 15.0 Å². The molecule has 0 unspecified atom stereocenters. The molecule has 0 aliphatic carbocycles. The minimum Gasteiger partial charge on any atom is -0.438 e. The van der Waals surface area contributed by atoms with Gasteiger partial charge in [0.2, 0.25) is 5.88 Å². The summed E-state index contributed by atoms with van der Waals surface area (Å²) in [5, 5.41) is 1.02. The summed E-state index contributed by atoms with van der Waals surface area (Å²) in [5.74, 6) is 0.834. The maximum atomic E-state index is 11.0. The molecular formula is C14H12N4O2. The summed E-state index contributed by atoms with van der Waals surface area (Å²) in [6.45, 7) is 1.98. The molecule has 100 valence electrons. The molecule has 0 radical (unpaired) electrons. The van der Waals surface area contributed by atoms with Gasteiger partial charge in [0, 0.05) is 16.6 Å². The number of anilines is 1. The molecule has 3 N–H and O–H groups in total. The second kappa shape index (κ2) is 4.65. The molecule has 1 aromatic carbocycles. The first-order valence-electron chi connectivity index (χ1n) is 6.00. The minimum absolute atomic E-state index is 0.101. The highest BCUT2D eigenvalue weighted by Crippen LogP contribution is 2.27. The van der Waals surface area contributed by atoms with Crippen LogP contribution >= 0.6 is 0 Å². The predicted octanol–water partition coefficient (Wildman–Crippen LogP) is 2.45. The zero-order chi connectivity index (χ0) is 14.1. The van der Waals surface area contributed by atoms with E-state index in [-0.39, 0.29) is 17.3 Å². The maximum absolute atomic E-state index is 11.0. The number of hydrogen-bond donors (Lipinski definition) is 2.